The number of aliphatic hydroxyl groups is 1. The fraction of sp³-hybridized carbons (Fsp3) is 0.310. The number of carbonyl (C=O) groups excluding carboxylic acids is 1. The zero-order chi connectivity index (χ0) is 27.6. The van der Waals surface area contributed by atoms with E-state index in [1.165, 1.54) is 28.7 Å². The van der Waals surface area contributed by atoms with Crippen LogP contribution in [-0.4, -0.2) is 49.9 Å². The highest BCUT2D eigenvalue weighted by Gasteiger charge is 2.28. The molecule has 3 atom stereocenters. The van der Waals surface area contributed by atoms with Gasteiger partial charge in [0.1, 0.15) is 24.0 Å². The van der Waals surface area contributed by atoms with Gasteiger partial charge in [-0.3, -0.25) is 4.79 Å². The molecule has 0 aliphatic carbocycles. The molecule has 0 aliphatic rings. The van der Waals surface area contributed by atoms with E-state index in [-0.39, 0.29) is 13.0 Å². The second kappa shape index (κ2) is 13.7. The van der Waals surface area contributed by atoms with E-state index in [0.717, 1.165) is 23.6 Å². The van der Waals surface area contributed by atoms with Crippen molar-refractivity contribution in [3.63, 3.8) is 0 Å². The number of tetrazole rings is 1. The van der Waals surface area contributed by atoms with Crippen LogP contribution in [0.5, 0.6) is 0 Å². The number of benzene rings is 3. The van der Waals surface area contributed by atoms with Gasteiger partial charge in [0.25, 0.3) is 0 Å². The summed E-state index contributed by atoms with van der Waals surface area (Å²) in [6.07, 6.45) is 1.54. The first kappa shape index (κ1) is 28.0. The minimum absolute atomic E-state index is 0.0161. The van der Waals surface area contributed by atoms with E-state index >= 15 is 0 Å². The van der Waals surface area contributed by atoms with Crippen molar-refractivity contribution < 1.29 is 18.7 Å². The molecule has 10 heteroatoms. The molecular weight excluding hydrogens is 502 g/mol. The van der Waals surface area contributed by atoms with Gasteiger partial charge in [0, 0.05) is 25.6 Å². The molecule has 1 amide bonds. The van der Waals surface area contributed by atoms with Crippen molar-refractivity contribution in [2.75, 3.05) is 6.54 Å². The van der Waals surface area contributed by atoms with Crippen molar-refractivity contribution in [3.05, 3.63) is 113 Å². The van der Waals surface area contributed by atoms with E-state index in [9.17, 15) is 18.7 Å². The number of rotatable bonds is 13. The van der Waals surface area contributed by atoms with Crippen LogP contribution in [0, 0.1) is 11.6 Å². The largest absolute Gasteiger partial charge is 0.390 e. The lowest BCUT2D eigenvalue weighted by Crippen LogP contribution is -2.50. The minimum Gasteiger partial charge on any atom is -0.390 e. The highest BCUT2D eigenvalue weighted by molar-refractivity contribution is 5.81. The van der Waals surface area contributed by atoms with Crippen molar-refractivity contribution in [1.82, 2.24) is 30.8 Å². The third kappa shape index (κ3) is 8.23. The Morgan fingerprint density at radius 3 is 2.33 bits per heavy atom. The molecule has 1 aromatic heterocycles. The highest BCUT2D eigenvalue weighted by Crippen LogP contribution is 2.16. The van der Waals surface area contributed by atoms with Crippen LogP contribution in [0.4, 0.5) is 8.78 Å². The van der Waals surface area contributed by atoms with Crippen molar-refractivity contribution >= 4 is 5.91 Å². The molecule has 3 N–H and O–H groups in total. The van der Waals surface area contributed by atoms with Gasteiger partial charge in [0.15, 0.2) is 0 Å². The molecule has 3 aromatic carbocycles. The van der Waals surface area contributed by atoms with E-state index in [1.54, 1.807) is 0 Å². The van der Waals surface area contributed by atoms with Crippen molar-refractivity contribution in [2.45, 2.75) is 50.9 Å². The van der Waals surface area contributed by atoms with E-state index in [0.29, 0.717) is 18.5 Å². The zero-order valence-corrected chi connectivity index (χ0v) is 21.7. The summed E-state index contributed by atoms with van der Waals surface area (Å²) in [7, 11) is 0. The van der Waals surface area contributed by atoms with Crippen LogP contribution in [-0.2, 0) is 30.6 Å². The van der Waals surface area contributed by atoms with E-state index in [2.05, 4.69) is 45.2 Å². The van der Waals surface area contributed by atoms with Crippen molar-refractivity contribution in [1.29, 1.82) is 0 Å². The molecule has 0 saturated carbocycles. The average molecular weight is 535 g/mol. The van der Waals surface area contributed by atoms with Gasteiger partial charge in [-0.2, -0.15) is 0 Å². The Balaban J connectivity index is 1.50. The van der Waals surface area contributed by atoms with Gasteiger partial charge in [-0.25, -0.2) is 13.5 Å². The molecule has 0 fully saturated rings. The quantitative estimate of drug-likeness (QED) is 0.243. The number of carbonyl (C=O) groups is 1. The molecule has 1 unspecified atom stereocenters. The van der Waals surface area contributed by atoms with Gasteiger partial charge in [0.05, 0.1) is 12.1 Å². The molecular formula is C29H32F2N6O2. The van der Waals surface area contributed by atoms with Crippen LogP contribution >= 0.6 is 0 Å². The first-order chi connectivity index (χ1) is 18.9. The molecule has 204 valence electrons. The molecule has 0 radical (unpaired) electrons. The first-order valence-electron chi connectivity index (χ1n) is 12.9. The summed E-state index contributed by atoms with van der Waals surface area (Å²) >= 11 is 0. The Bertz CT molecular complexity index is 1320. The van der Waals surface area contributed by atoms with Crippen LogP contribution in [0.3, 0.4) is 0 Å². The summed E-state index contributed by atoms with van der Waals surface area (Å²) in [5, 5.41) is 28.5. The maximum atomic E-state index is 13.9. The predicted octanol–water partition coefficient (Wildman–Crippen LogP) is 3.18. The topological polar surface area (TPSA) is 105 Å². The lowest BCUT2D eigenvalue weighted by molar-refractivity contribution is -0.126. The Kier molecular flexibility index (Phi) is 9.82. The molecule has 39 heavy (non-hydrogen) atoms. The summed E-state index contributed by atoms with van der Waals surface area (Å²) < 4.78 is 29.2. The maximum absolute atomic E-state index is 13.9. The van der Waals surface area contributed by atoms with Crippen LogP contribution in [0.1, 0.15) is 35.2 Å². The second-order valence-corrected chi connectivity index (χ2v) is 9.46. The van der Waals surface area contributed by atoms with Crippen molar-refractivity contribution in [3.8, 4) is 0 Å². The lowest BCUT2D eigenvalue weighted by atomic mass is 9.99. The Labute approximate surface area is 226 Å². The van der Waals surface area contributed by atoms with Gasteiger partial charge in [-0.05, 0) is 57.7 Å². The summed E-state index contributed by atoms with van der Waals surface area (Å²) in [6, 6.07) is 19.1. The average Bonchev–Trinajstić information content (AvgIpc) is 3.46. The van der Waals surface area contributed by atoms with Gasteiger partial charge >= 0.3 is 0 Å². The normalized spacial score (nSPS) is 13.5. The van der Waals surface area contributed by atoms with Gasteiger partial charge in [-0.1, -0.05) is 61.5 Å². The van der Waals surface area contributed by atoms with Crippen LogP contribution in [0.25, 0.3) is 0 Å². The molecule has 0 bridgehead atoms. The lowest BCUT2D eigenvalue weighted by Gasteiger charge is -2.27. The van der Waals surface area contributed by atoms with Crippen LogP contribution < -0.4 is 10.6 Å². The number of hydrogen-bond acceptors (Lipinski definition) is 6. The summed E-state index contributed by atoms with van der Waals surface area (Å²) in [5.74, 6) is -1.88. The van der Waals surface area contributed by atoms with Gasteiger partial charge in [0.2, 0.25) is 5.91 Å². The SMILES string of the molecule is CCc1cccc(CNC[C@H](O)[C@@H](Cc2cc(F)cc(F)c2)NC(=O)C(Cc2ccccc2)n2cnnn2)c1. The molecule has 1 heterocycles. The maximum Gasteiger partial charge on any atom is 0.245 e. The monoisotopic (exact) mass is 534 g/mol. The fourth-order valence-corrected chi connectivity index (χ4v) is 4.47. The summed E-state index contributed by atoms with van der Waals surface area (Å²) in [4.78, 5) is 13.5. The molecule has 0 saturated heterocycles. The van der Waals surface area contributed by atoms with Crippen LogP contribution in [0.2, 0.25) is 0 Å². The number of nitrogens with one attached hydrogen (secondary N) is 2. The number of amides is 1. The second-order valence-electron chi connectivity index (χ2n) is 9.46. The smallest absolute Gasteiger partial charge is 0.245 e. The van der Waals surface area contributed by atoms with Gasteiger partial charge in [-0.15, -0.1) is 5.10 Å². The molecule has 0 spiro atoms. The van der Waals surface area contributed by atoms with Gasteiger partial charge < -0.3 is 15.7 Å². The third-order valence-electron chi connectivity index (χ3n) is 6.51. The predicted molar refractivity (Wildman–Crippen MR) is 143 cm³/mol. The third-order valence-corrected chi connectivity index (χ3v) is 6.51. The Hall–Kier alpha value is -4.02. The highest BCUT2D eigenvalue weighted by atomic mass is 19.1. The first-order valence-corrected chi connectivity index (χ1v) is 12.9. The number of aromatic nitrogens is 4. The van der Waals surface area contributed by atoms with E-state index in [1.807, 2.05) is 42.5 Å². The van der Waals surface area contributed by atoms with Crippen molar-refractivity contribution in [2.24, 2.45) is 0 Å². The summed E-state index contributed by atoms with van der Waals surface area (Å²) in [5.41, 5.74) is 3.49. The molecule has 8 nitrogen and oxygen atoms in total. The number of hydrogen-bond donors (Lipinski definition) is 3. The van der Waals surface area contributed by atoms with E-state index in [4.69, 9.17) is 0 Å². The number of nitrogens with zero attached hydrogens (tertiary/aromatic N) is 4. The standard InChI is InChI=1S/C29H32F2N6O2/c1-2-20-9-6-10-22(11-20)17-32-18-28(38)26(14-23-12-24(30)16-25(31)13-23)34-29(39)27(37-19-33-35-36-37)15-21-7-4-3-5-8-21/h3-13,16,19,26-28,32,38H,2,14-15,17-18H2,1H3,(H,34,39)/t26-,27?,28+/m1/s1. The van der Waals surface area contributed by atoms with E-state index < -0.39 is 35.7 Å². The Morgan fingerprint density at radius 2 is 1.64 bits per heavy atom. The zero-order valence-electron chi connectivity index (χ0n) is 21.7. The Morgan fingerprint density at radius 1 is 0.923 bits per heavy atom. The molecule has 4 rings (SSSR count). The molecule has 0 aliphatic heterocycles. The minimum atomic E-state index is -1.05. The number of aryl methyl sites for hydroxylation is 1. The number of halogens is 2. The fourth-order valence-electron chi connectivity index (χ4n) is 4.47. The summed E-state index contributed by atoms with van der Waals surface area (Å²) in [6.45, 7) is 2.74. The van der Waals surface area contributed by atoms with Crippen LogP contribution in [0.15, 0.2) is 79.1 Å². The number of aliphatic hydroxyl groups excluding tert-OH is 1. The molecule has 4 aromatic rings.